The first-order chi connectivity index (χ1) is 9.70. The van der Waals surface area contributed by atoms with E-state index < -0.39 is 0 Å². The van der Waals surface area contributed by atoms with Gasteiger partial charge in [0.2, 0.25) is 11.8 Å². The summed E-state index contributed by atoms with van der Waals surface area (Å²) in [5.41, 5.74) is 0.592. The number of fused-ring (bicyclic) bond motifs is 5. The van der Waals surface area contributed by atoms with Crippen LogP contribution in [0.5, 0.6) is 5.75 Å². The van der Waals surface area contributed by atoms with Crippen LogP contribution < -0.4 is 9.64 Å². The van der Waals surface area contributed by atoms with Gasteiger partial charge in [-0.05, 0) is 24.3 Å². The van der Waals surface area contributed by atoms with E-state index in [2.05, 4.69) is 0 Å². The van der Waals surface area contributed by atoms with Crippen LogP contribution >= 0.6 is 0 Å². The molecule has 5 heteroatoms. The van der Waals surface area contributed by atoms with E-state index in [0.29, 0.717) is 11.4 Å². The van der Waals surface area contributed by atoms with E-state index in [1.165, 1.54) is 4.90 Å². The summed E-state index contributed by atoms with van der Waals surface area (Å²) in [5, 5.41) is 0. The van der Waals surface area contributed by atoms with Gasteiger partial charge in [-0.15, -0.1) is 0 Å². The van der Waals surface area contributed by atoms with Crippen molar-refractivity contribution < 1.29 is 19.1 Å². The first-order valence-corrected chi connectivity index (χ1v) is 6.56. The first-order valence-electron chi connectivity index (χ1n) is 6.56. The Balaban J connectivity index is 1.70. The number of imide groups is 1. The molecule has 2 amide bonds. The molecule has 2 fully saturated rings. The lowest BCUT2D eigenvalue weighted by Crippen LogP contribution is -2.34. The van der Waals surface area contributed by atoms with E-state index in [1.54, 1.807) is 31.4 Å². The first kappa shape index (κ1) is 11.7. The Kier molecular flexibility index (Phi) is 2.29. The molecule has 0 aromatic heterocycles. The minimum absolute atomic E-state index is 0.165. The third-order valence-electron chi connectivity index (χ3n) is 4.24. The number of rotatable bonds is 2. The molecule has 0 radical (unpaired) electrons. The number of hydrogen-bond donors (Lipinski definition) is 0. The molecule has 4 rings (SSSR count). The van der Waals surface area contributed by atoms with Gasteiger partial charge in [-0.2, -0.15) is 0 Å². The lowest BCUT2D eigenvalue weighted by Gasteiger charge is -2.17. The number of anilines is 1. The molecular weight excluding hydrogens is 258 g/mol. The molecule has 0 unspecified atom stereocenters. The molecule has 102 valence electrons. The van der Waals surface area contributed by atoms with Crippen molar-refractivity contribution in [2.45, 2.75) is 12.2 Å². The van der Waals surface area contributed by atoms with Crippen molar-refractivity contribution in [2.24, 2.45) is 11.8 Å². The van der Waals surface area contributed by atoms with Crippen molar-refractivity contribution >= 4 is 17.5 Å². The van der Waals surface area contributed by atoms with Crippen LogP contribution in [-0.2, 0) is 14.3 Å². The molecule has 0 saturated carbocycles. The molecule has 3 aliphatic heterocycles. The highest BCUT2D eigenvalue weighted by molar-refractivity contribution is 6.23. The molecule has 3 heterocycles. The van der Waals surface area contributed by atoms with Crippen LogP contribution in [0.25, 0.3) is 0 Å². The van der Waals surface area contributed by atoms with Gasteiger partial charge in [0.15, 0.2) is 0 Å². The molecule has 3 aliphatic rings. The van der Waals surface area contributed by atoms with Gasteiger partial charge >= 0.3 is 0 Å². The maximum Gasteiger partial charge on any atom is 0.240 e. The van der Waals surface area contributed by atoms with Crippen molar-refractivity contribution in [3.8, 4) is 5.75 Å². The molecule has 0 aliphatic carbocycles. The monoisotopic (exact) mass is 271 g/mol. The number of amides is 2. The fourth-order valence-electron chi connectivity index (χ4n) is 3.29. The number of ether oxygens (including phenoxy) is 2. The fraction of sp³-hybridized carbons (Fsp3) is 0.333. The number of carbonyl (C=O) groups excluding carboxylic acids is 2. The van der Waals surface area contributed by atoms with Crippen molar-refractivity contribution in [3.05, 3.63) is 36.4 Å². The van der Waals surface area contributed by atoms with Crippen LogP contribution in [0.4, 0.5) is 5.69 Å². The molecule has 1 aromatic carbocycles. The highest BCUT2D eigenvalue weighted by atomic mass is 16.5. The summed E-state index contributed by atoms with van der Waals surface area (Å²) >= 11 is 0. The van der Waals surface area contributed by atoms with Gasteiger partial charge in [0.05, 0.1) is 36.8 Å². The molecule has 0 N–H and O–H groups in total. The molecule has 5 nitrogen and oxygen atoms in total. The average Bonchev–Trinajstić information content (AvgIpc) is 3.14. The summed E-state index contributed by atoms with van der Waals surface area (Å²) in [7, 11) is 1.58. The number of carbonyl (C=O) groups is 2. The highest BCUT2D eigenvalue weighted by Gasteiger charge is 2.60. The zero-order chi connectivity index (χ0) is 13.9. The summed E-state index contributed by atoms with van der Waals surface area (Å²) in [6, 6.07) is 6.94. The van der Waals surface area contributed by atoms with Gasteiger partial charge in [-0.25, -0.2) is 4.90 Å². The normalized spacial score (nSPS) is 34.0. The Morgan fingerprint density at radius 3 is 2.05 bits per heavy atom. The third-order valence-corrected chi connectivity index (χ3v) is 4.24. The molecule has 1 aromatic rings. The van der Waals surface area contributed by atoms with Crippen molar-refractivity contribution in [1.29, 1.82) is 0 Å². The Hall–Kier alpha value is -2.14. The van der Waals surface area contributed by atoms with E-state index in [-0.39, 0.29) is 35.9 Å². The second-order valence-corrected chi connectivity index (χ2v) is 5.21. The van der Waals surface area contributed by atoms with Crippen LogP contribution in [0.1, 0.15) is 0 Å². The summed E-state index contributed by atoms with van der Waals surface area (Å²) in [5.74, 6) is -0.360. The van der Waals surface area contributed by atoms with Crippen LogP contribution in [0.15, 0.2) is 36.4 Å². The second kappa shape index (κ2) is 3.93. The van der Waals surface area contributed by atoms with Crippen molar-refractivity contribution in [3.63, 3.8) is 0 Å². The minimum Gasteiger partial charge on any atom is -0.497 e. The number of benzene rings is 1. The predicted octanol–water partition coefficient (Wildman–Crippen LogP) is 1.14. The van der Waals surface area contributed by atoms with Gasteiger partial charge in [-0.3, -0.25) is 9.59 Å². The zero-order valence-electron chi connectivity index (χ0n) is 10.9. The predicted molar refractivity (Wildman–Crippen MR) is 70.3 cm³/mol. The lowest BCUT2D eigenvalue weighted by molar-refractivity contribution is -0.124. The minimum atomic E-state index is -0.361. The Morgan fingerprint density at radius 2 is 1.55 bits per heavy atom. The fourth-order valence-corrected chi connectivity index (χ4v) is 3.29. The number of methoxy groups -OCH3 is 1. The third kappa shape index (κ3) is 1.35. The average molecular weight is 271 g/mol. The maximum atomic E-state index is 12.5. The van der Waals surface area contributed by atoms with Gasteiger partial charge in [0, 0.05) is 0 Å². The van der Waals surface area contributed by atoms with E-state index in [4.69, 9.17) is 9.47 Å². The molecule has 2 saturated heterocycles. The molecular formula is C15H13NO4. The highest BCUT2D eigenvalue weighted by Crippen LogP contribution is 2.46. The van der Waals surface area contributed by atoms with Gasteiger partial charge < -0.3 is 9.47 Å². The number of nitrogens with zero attached hydrogens (tertiary/aromatic N) is 1. The van der Waals surface area contributed by atoms with Crippen LogP contribution in [0.2, 0.25) is 0 Å². The van der Waals surface area contributed by atoms with Crippen LogP contribution in [0, 0.1) is 11.8 Å². The molecule has 2 bridgehead atoms. The quantitative estimate of drug-likeness (QED) is 0.598. The van der Waals surface area contributed by atoms with Crippen LogP contribution in [0.3, 0.4) is 0 Å². The van der Waals surface area contributed by atoms with Crippen molar-refractivity contribution in [1.82, 2.24) is 0 Å². The Morgan fingerprint density at radius 1 is 1.00 bits per heavy atom. The van der Waals surface area contributed by atoms with Gasteiger partial charge in [-0.1, -0.05) is 12.2 Å². The SMILES string of the molecule is COc1ccc(N2C(=O)[C@@H]3[C@H](C2=O)[C@@H]2C=C[C@@H]3O2)cc1. The molecule has 20 heavy (non-hydrogen) atoms. The summed E-state index contributed by atoms with van der Waals surface area (Å²) in [6.45, 7) is 0. The zero-order valence-corrected chi connectivity index (χ0v) is 10.9. The van der Waals surface area contributed by atoms with E-state index in [0.717, 1.165) is 0 Å². The molecule has 0 spiro atoms. The van der Waals surface area contributed by atoms with Crippen LogP contribution in [-0.4, -0.2) is 31.1 Å². The second-order valence-electron chi connectivity index (χ2n) is 5.21. The maximum absolute atomic E-state index is 12.5. The van der Waals surface area contributed by atoms with Gasteiger partial charge in [0.1, 0.15) is 5.75 Å². The number of hydrogen-bond acceptors (Lipinski definition) is 4. The lowest BCUT2D eigenvalue weighted by atomic mass is 9.85. The Labute approximate surface area is 115 Å². The van der Waals surface area contributed by atoms with Crippen molar-refractivity contribution in [2.75, 3.05) is 12.0 Å². The largest absolute Gasteiger partial charge is 0.497 e. The van der Waals surface area contributed by atoms with Gasteiger partial charge in [0.25, 0.3) is 0 Å². The van der Waals surface area contributed by atoms with E-state index >= 15 is 0 Å². The smallest absolute Gasteiger partial charge is 0.240 e. The standard InChI is InChI=1S/C15H13NO4/c1-19-9-4-2-8(3-5-9)16-14(17)12-10-6-7-11(20-10)13(12)15(16)18/h2-7,10-13H,1H3/t10-,11-,12-,13+/m0/s1. The topological polar surface area (TPSA) is 55.8 Å². The summed E-state index contributed by atoms with van der Waals surface area (Å²) in [6.07, 6.45) is 3.28. The molecule has 4 atom stereocenters. The summed E-state index contributed by atoms with van der Waals surface area (Å²) in [4.78, 5) is 26.3. The Bertz CT molecular complexity index is 591. The van der Waals surface area contributed by atoms with E-state index in [9.17, 15) is 9.59 Å². The van der Waals surface area contributed by atoms with E-state index in [1.807, 2.05) is 12.2 Å². The summed E-state index contributed by atoms with van der Waals surface area (Å²) < 4.78 is 10.7.